The number of esters is 2. The van der Waals surface area contributed by atoms with Crippen LogP contribution in [0.1, 0.15) is 19.9 Å². The Morgan fingerprint density at radius 1 is 1.05 bits per heavy atom. The summed E-state index contributed by atoms with van der Waals surface area (Å²) in [5.74, 6) is -1.21. The summed E-state index contributed by atoms with van der Waals surface area (Å²) in [7, 11) is 0. The summed E-state index contributed by atoms with van der Waals surface area (Å²) < 4.78 is 11.6. The van der Waals surface area contributed by atoms with E-state index in [2.05, 4.69) is 0 Å². The van der Waals surface area contributed by atoms with Crippen molar-refractivity contribution in [2.24, 2.45) is 0 Å². The van der Waals surface area contributed by atoms with Gasteiger partial charge in [0.1, 0.15) is 0 Å². The second-order valence-electron chi connectivity index (χ2n) is 4.19. The highest BCUT2D eigenvalue weighted by Crippen LogP contribution is 2.22. The molecule has 2 aromatic rings. The van der Waals surface area contributed by atoms with E-state index in [-0.39, 0.29) is 13.2 Å². The highest BCUT2D eigenvalue weighted by molar-refractivity contribution is 5.99. The van der Waals surface area contributed by atoms with Gasteiger partial charge in [0.15, 0.2) is 0 Å². The average molecular weight is 275 g/mol. The molecule has 5 heteroatoms. The van der Waals surface area contributed by atoms with Crippen molar-refractivity contribution in [1.82, 2.24) is 4.57 Å². The first kappa shape index (κ1) is 14.1. The zero-order valence-corrected chi connectivity index (χ0v) is 11.5. The van der Waals surface area contributed by atoms with E-state index < -0.39 is 18.0 Å². The molecule has 0 N–H and O–H groups in total. The third-order valence-corrected chi connectivity index (χ3v) is 2.93. The third-order valence-electron chi connectivity index (χ3n) is 2.93. The van der Waals surface area contributed by atoms with Crippen LogP contribution < -0.4 is 0 Å². The lowest BCUT2D eigenvalue weighted by atomic mass is 10.2. The normalized spacial score (nSPS) is 10.8. The smallest absolute Gasteiger partial charge is 0.340 e. The second kappa shape index (κ2) is 6.23. The zero-order chi connectivity index (χ0) is 14.5. The van der Waals surface area contributed by atoms with E-state index in [9.17, 15) is 9.59 Å². The fourth-order valence-electron chi connectivity index (χ4n) is 2.10. The summed E-state index contributed by atoms with van der Waals surface area (Å²) in [4.78, 5) is 24.1. The molecule has 0 aliphatic rings. The maximum absolute atomic E-state index is 12.1. The Balaban J connectivity index is 2.44. The number of ether oxygens (including phenoxy) is 2. The van der Waals surface area contributed by atoms with Gasteiger partial charge in [-0.25, -0.2) is 9.59 Å². The van der Waals surface area contributed by atoms with E-state index >= 15 is 0 Å². The van der Waals surface area contributed by atoms with Gasteiger partial charge in [0.05, 0.1) is 13.2 Å². The van der Waals surface area contributed by atoms with Crippen LogP contribution in [-0.4, -0.2) is 29.7 Å². The molecule has 1 aromatic heterocycles. The molecular formula is C15H17NO4. The Labute approximate surface area is 117 Å². The molecule has 1 aromatic carbocycles. The molecule has 0 fully saturated rings. The zero-order valence-electron chi connectivity index (χ0n) is 11.5. The van der Waals surface area contributed by atoms with Crippen molar-refractivity contribution in [1.29, 1.82) is 0 Å². The summed E-state index contributed by atoms with van der Waals surface area (Å²) in [6.07, 6.45) is 1.70. The molecule has 0 aliphatic carbocycles. The molecule has 0 amide bonds. The summed E-state index contributed by atoms with van der Waals surface area (Å²) in [5.41, 5.74) is 0.790. The SMILES string of the molecule is CCOC(=O)C(C(=O)OCC)n1ccc2ccccc21. The first-order chi connectivity index (χ1) is 9.69. The van der Waals surface area contributed by atoms with Gasteiger partial charge in [-0.3, -0.25) is 0 Å². The molecule has 0 aliphatic heterocycles. The fraction of sp³-hybridized carbons (Fsp3) is 0.333. The van der Waals surface area contributed by atoms with Gasteiger partial charge in [0.2, 0.25) is 6.04 Å². The van der Waals surface area contributed by atoms with Crippen molar-refractivity contribution in [3.05, 3.63) is 36.5 Å². The topological polar surface area (TPSA) is 57.5 Å². The predicted molar refractivity (Wildman–Crippen MR) is 74.2 cm³/mol. The van der Waals surface area contributed by atoms with E-state index in [1.165, 1.54) is 0 Å². The molecule has 0 unspecified atom stereocenters. The van der Waals surface area contributed by atoms with Crippen LogP contribution in [0.15, 0.2) is 36.5 Å². The van der Waals surface area contributed by atoms with Crippen LogP contribution in [0.5, 0.6) is 0 Å². The van der Waals surface area contributed by atoms with Gasteiger partial charge in [-0.1, -0.05) is 18.2 Å². The first-order valence-electron chi connectivity index (χ1n) is 6.57. The van der Waals surface area contributed by atoms with Gasteiger partial charge in [-0.15, -0.1) is 0 Å². The van der Waals surface area contributed by atoms with Gasteiger partial charge < -0.3 is 14.0 Å². The van der Waals surface area contributed by atoms with Crippen molar-refractivity contribution < 1.29 is 19.1 Å². The molecule has 0 saturated carbocycles. The van der Waals surface area contributed by atoms with Crippen LogP contribution in [0.2, 0.25) is 0 Å². The number of fused-ring (bicyclic) bond motifs is 1. The lowest BCUT2D eigenvalue weighted by Gasteiger charge is -2.17. The van der Waals surface area contributed by atoms with Crippen LogP contribution in [0, 0.1) is 0 Å². The molecule has 0 spiro atoms. The summed E-state index contributed by atoms with van der Waals surface area (Å²) in [6, 6.07) is 8.26. The van der Waals surface area contributed by atoms with Gasteiger partial charge in [-0.05, 0) is 31.4 Å². The standard InChI is InChI=1S/C15H17NO4/c1-3-19-14(17)13(15(18)20-4-2)16-10-9-11-7-5-6-8-12(11)16/h5-10,13H,3-4H2,1-2H3. The lowest BCUT2D eigenvalue weighted by molar-refractivity contribution is -0.160. The largest absolute Gasteiger partial charge is 0.464 e. The van der Waals surface area contributed by atoms with Crippen molar-refractivity contribution in [3.63, 3.8) is 0 Å². The molecule has 2 rings (SSSR count). The maximum Gasteiger partial charge on any atom is 0.340 e. The number of rotatable bonds is 5. The Kier molecular flexibility index (Phi) is 4.40. The summed E-state index contributed by atoms with van der Waals surface area (Å²) >= 11 is 0. The van der Waals surface area contributed by atoms with E-state index in [0.717, 1.165) is 10.9 Å². The number of carbonyl (C=O) groups is 2. The Morgan fingerprint density at radius 2 is 1.65 bits per heavy atom. The lowest BCUT2D eigenvalue weighted by Crippen LogP contribution is -2.30. The Hall–Kier alpha value is -2.30. The highest BCUT2D eigenvalue weighted by atomic mass is 16.6. The number of hydrogen-bond acceptors (Lipinski definition) is 4. The van der Waals surface area contributed by atoms with Crippen molar-refractivity contribution in [2.75, 3.05) is 13.2 Å². The van der Waals surface area contributed by atoms with Gasteiger partial charge in [-0.2, -0.15) is 0 Å². The minimum absolute atomic E-state index is 0.216. The molecule has 0 radical (unpaired) electrons. The van der Waals surface area contributed by atoms with Crippen LogP contribution in [0.4, 0.5) is 0 Å². The molecule has 106 valence electrons. The highest BCUT2D eigenvalue weighted by Gasteiger charge is 2.31. The molecule has 0 saturated heterocycles. The predicted octanol–water partition coefficient (Wildman–Crippen LogP) is 2.31. The number of carbonyl (C=O) groups excluding carboxylic acids is 2. The Morgan fingerprint density at radius 3 is 2.25 bits per heavy atom. The minimum Gasteiger partial charge on any atom is -0.464 e. The molecule has 5 nitrogen and oxygen atoms in total. The fourth-order valence-corrected chi connectivity index (χ4v) is 2.10. The molecule has 0 bridgehead atoms. The molecule has 0 atom stereocenters. The number of nitrogens with zero attached hydrogens (tertiary/aromatic N) is 1. The molecule has 20 heavy (non-hydrogen) atoms. The third kappa shape index (κ3) is 2.66. The number of para-hydroxylation sites is 1. The second-order valence-corrected chi connectivity index (χ2v) is 4.19. The van der Waals surface area contributed by atoms with Crippen molar-refractivity contribution in [3.8, 4) is 0 Å². The van der Waals surface area contributed by atoms with E-state index in [1.807, 2.05) is 30.3 Å². The van der Waals surface area contributed by atoms with Crippen LogP contribution >= 0.6 is 0 Å². The summed E-state index contributed by atoms with van der Waals surface area (Å²) in [6.45, 7) is 3.84. The van der Waals surface area contributed by atoms with Gasteiger partial charge >= 0.3 is 11.9 Å². The first-order valence-corrected chi connectivity index (χ1v) is 6.57. The number of aromatic nitrogens is 1. The molecule has 1 heterocycles. The van der Waals surface area contributed by atoms with Crippen molar-refractivity contribution in [2.45, 2.75) is 19.9 Å². The number of hydrogen-bond donors (Lipinski definition) is 0. The molecular weight excluding hydrogens is 258 g/mol. The number of benzene rings is 1. The summed E-state index contributed by atoms with van der Waals surface area (Å²) in [5, 5.41) is 0.950. The average Bonchev–Trinajstić information content (AvgIpc) is 2.84. The van der Waals surface area contributed by atoms with E-state index in [4.69, 9.17) is 9.47 Å². The van der Waals surface area contributed by atoms with Gasteiger partial charge in [0.25, 0.3) is 0 Å². The minimum atomic E-state index is -1.10. The quantitative estimate of drug-likeness (QED) is 0.620. The maximum atomic E-state index is 12.1. The Bertz CT molecular complexity index is 599. The van der Waals surface area contributed by atoms with E-state index in [0.29, 0.717) is 0 Å². The van der Waals surface area contributed by atoms with Crippen molar-refractivity contribution >= 4 is 22.8 Å². The monoisotopic (exact) mass is 275 g/mol. The van der Waals surface area contributed by atoms with Crippen LogP contribution in [-0.2, 0) is 19.1 Å². The van der Waals surface area contributed by atoms with Crippen LogP contribution in [0.25, 0.3) is 10.9 Å². The van der Waals surface area contributed by atoms with E-state index in [1.54, 1.807) is 24.6 Å². The van der Waals surface area contributed by atoms with Gasteiger partial charge in [0, 0.05) is 11.7 Å². The van der Waals surface area contributed by atoms with Crippen LogP contribution in [0.3, 0.4) is 0 Å².